The summed E-state index contributed by atoms with van der Waals surface area (Å²) < 4.78 is 13.5. The highest BCUT2D eigenvalue weighted by Crippen LogP contribution is 2.18. The minimum atomic E-state index is -0.215. The molecule has 0 aliphatic heterocycles. The first kappa shape index (κ1) is 16.4. The molecule has 1 rings (SSSR count). The Kier molecular flexibility index (Phi) is 8.03. The summed E-state index contributed by atoms with van der Waals surface area (Å²) >= 11 is 5.96. The van der Waals surface area contributed by atoms with Gasteiger partial charge in [-0.05, 0) is 57.1 Å². The molecule has 4 heteroatoms. The Labute approximate surface area is 120 Å². The number of rotatable bonds is 9. The normalized spacial score (nSPS) is 11.2. The van der Waals surface area contributed by atoms with Gasteiger partial charge in [0.15, 0.2) is 0 Å². The molecule has 2 N–H and O–H groups in total. The topological polar surface area (TPSA) is 24.1 Å². The molecule has 0 atom stereocenters. The predicted octanol–water partition coefficient (Wildman–Crippen LogP) is 3.25. The van der Waals surface area contributed by atoms with E-state index in [0.29, 0.717) is 22.9 Å². The maximum Gasteiger partial charge on any atom is 0.127 e. The molecule has 0 bridgehead atoms. The molecule has 0 spiro atoms. The van der Waals surface area contributed by atoms with Gasteiger partial charge in [-0.25, -0.2) is 4.39 Å². The average Bonchev–Trinajstić information content (AvgIpc) is 2.35. The third-order valence-corrected chi connectivity index (χ3v) is 3.23. The monoisotopic (exact) mass is 286 g/mol. The molecule has 0 aliphatic carbocycles. The molecule has 0 amide bonds. The van der Waals surface area contributed by atoms with Crippen molar-refractivity contribution in [2.75, 3.05) is 26.2 Å². The maximum atomic E-state index is 13.5. The predicted molar refractivity (Wildman–Crippen MR) is 80.3 cm³/mol. The van der Waals surface area contributed by atoms with Crippen LogP contribution < -0.4 is 10.6 Å². The summed E-state index contributed by atoms with van der Waals surface area (Å²) in [7, 11) is 0. The summed E-state index contributed by atoms with van der Waals surface area (Å²) in [6.45, 7) is 8.17. The molecule has 2 nitrogen and oxygen atoms in total. The van der Waals surface area contributed by atoms with Crippen molar-refractivity contribution in [3.8, 4) is 0 Å². The van der Waals surface area contributed by atoms with Crippen LogP contribution in [0.2, 0.25) is 5.02 Å². The summed E-state index contributed by atoms with van der Waals surface area (Å²) in [4.78, 5) is 0. The van der Waals surface area contributed by atoms with Crippen molar-refractivity contribution in [3.63, 3.8) is 0 Å². The quantitative estimate of drug-likeness (QED) is 0.681. The van der Waals surface area contributed by atoms with Gasteiger partial charge in [-0.3, -0.25) is 0 Å². The van der Waals surface area contributed by atoms with Gasteiger partial charge in [-0.15, -0.1) is 0 Å². The molecule has 0 unspecified atom stereocenters. The Balaban J connectivity index is 2.08. The lowest BCUT2D eigenvalue weighted by Gasteiger charge is -2.09. The number of nitrogens with one attached hydrogen (secondary N) is 2. The van der Waals surface area contributed by atoms with Crippen LogP contribution in [0.3, 0.4) is 0 Å². The SMILES string of the molecule is CC(C)CNCCCNCCc1c(F)cccc1Cl. The van der Waals surface area contributed by atoms with Crippen LogP contribution in [-0.2, 0) is 6.42 Å². The van der Waals surface area contributed by atoms with Crippen molar-refractivity contribution in [2.24, 2.45) is 5.92 Å². The van der Waals surface area contributed by atoms with E-state index in [1.807, 2.05) is 0 Å². The second kappa shape index (κ2) is 9.29. The third-order valence-electron chi connectivity index (χ3n) is 2.87. The molecule has 0 radical (unpaired) electrons. The molecule has 0 fully saturated rings. The van der Waals surface area contributed by atoms with Gasteiger partial charge in [0.1, 0.15) is 5.82 Å². The van der Waals surface area contributed by atoms with E-state index in [9.17, 15) is 4.39 Å². The van der Waals surface area contributed by atoms with E-state index in [-0.39, 0.29) is 5.82 Å². The lowest BCUT2D eigenvalue weighted by molar-refractivity contribution is 0.529. The molecule has 1 aromatic carbocycles. The van der Waals surface area contributed by atoms with Crippen LogP contribution in [-0.4, -0.2) is 26.2 Å². The van der Waals surface area contributed by atoms with Crippen LogP contribution in [0, 0.1) is 11.7 Å². The lowest BCUT2D eigenvalue weighted by atomic mass is 10.1. The highest BCUT2D eigenvalue weighted by molar-refractivity contribution is 6.31. The largest absolute Gasteiger partial charge is 0.316 e. The van der Waals surface area contributed by atoms with Crippen LogP contribution in [0.4, 0.5) is 4.39 Å². The maximum absolute atomic E-state index is 13.5. The first-order valence-corrected chi connectivity index (χ1v) is 7.33. The zero-order valence-corrected chi connectivity index (χ0v) is 12.6. The fourth-order valence-electron chi connectivity index (χ4n) is 1.84. The van der Waals surface area contributed by atoms with Crippen molar-refractivity contribution in [3.05, 3.63) is 34.6 Å². The second-order valence-electron chi connectivity index (χ2n) is 5.15. The van der Waals surface area contributed by atoms with E-state index in [4.69, 9.17) is 11.6 Å². The number of hydrogen-bond donors (Lipinski definition) is 2. The highest BCUT2D eigenvalue weighted by Gasteiger charge is 2.05. The van der Waals surface area contributed by atoms with Crippen molar-refractivity contribution < 1.29 is 4.39 Å². The Hall–Kier alpha value is -0.640. The summed E-state index contributed by atoms with van der Waals surface area (Å²) in [6.07, 6.45) is 1.71. The van der Waals surface area contributed by atoms with Crippen LogP contribution in [0.1, 0.15) is 25.8 Å². The molecule has 0 saturated carbocycles. The molecule has 0 aromatic heterocycles. The minimum absolute atomic E-state index is 0.215. The fourth-order valence-corrected chi connectivity index (χ4v) is 2.10. The zero-order valence-electron chi connectivity index (χ0n) is 11.8. The van der Waals surface area contributed by atoms with Gasteiger partial charge in [0.05, 0.1) is 0 Å². The molecule has 1 aromatic rings. The zero-order chi connectivity index (χ0) is 14.1. The van der Waals surface area contributed by atoms with Gasteiger partial charge >= 0.3 is 0 Å². The molecule has 19 heavy (non-hydrogen) atoms. The lowest BCUT2D eigenvalue weighted by Crippen LogP contribution is -2.25. The standard InChI is InChI=1S/C15H24ClFN2/c1-12(2)11-19-9-4-8-18-10-7-13-14(16)5-3-6-15(13)17/h3,5-6,12,18-19H,4,7-11H2,1-2H3. The molecule has 0 heterocycles. The number of halogens is 2. The fraction of sp³-hybridized carbons (Fsp3) is 0.600. The van der Waals surface area contributed by atoms with Gasteiger partial charge in [0.25, 0.3) is 0 Å². The first-order chi connectivity index (χ1) is 9.11. The Morgan fingerprint density at radius 3 is 2.58 bits per heavy atom. The van der Waals surface area contributed by atoms with Crippen molar-refractivity contribution >= 4 is 11.6 Å². The molecule has 0 aliphatic rings. The highest BCUT2D eigenvalue weighted by atomic mass is 35.5. The molecule has 108 valence electrons. The van der Waals surface area contributed by atoms with Gasteiger partial charge in [0, 0.05) is 10.6 Å². The van der Waals surface area contributed by atoms with Gasteiger partial charge in [-0.2, -0.15) is 0 Å². The van der Waals surface area contributed by atoms with Gasteiger partial charge < -0.3 is 10.6 Å². The number of benzene rings is 1. The van der Waals surface area contributed by atoms with E-state index in [0.717, 1.165) is 32.6 Å². The summed E-state index contributed by atoms with van der Waals surface area (Å²) in [5, 5.41) is 7.22. The van der Waals surface area contributed by atoms with E-state index in [2.05, 4.69) is 24.5 Å². The smallest absolute Gasteiger partial charge is 0.127 e. The summed E-state index contributed by atoms with van der Waals surface area (Å²) in [6, 6.07) is 4.82. The van der Waals surface area contributed by atoms with E-state index < -0.39 is 0 Å². The van der Waals surface area contributed by atoms with E-state index in [1.54, 1.807) is 12.1 Å². The third kappa shape index (κ3) is 6.90. The van der Waals surface area contributed by atoms with Crippen LogP contribution in [0.25, 0.3) is 0 Å². The first-order valence-electron chi connectivity index (χ1n) is 6.95. The molecular weight excluding hydrogens is 263 g/mol. The minimum Gasteiger partial charge on any atom is -0.316 e. The van der Waals surface area contributed by atoms with Crippen molar-refractivity contribution in [1.29, 1.82) is 0 Å². The summed E-state index contributed by atoms with van der Waals surface area (Å²) in [5.74, 6) is 0.476. The molecule has 0 saturated heterocycles. The Morgan fingerprint density at radius 1 is 1.16 bits per heavy atom. The Bertz CT molecular complexity index is 349. The van der Waals surface area contributed by atoms with E-state index >= 15 is 0 Å². The second-order valence-corrected chi connectivity index (χ2v) is 5.56. The van der Waals surface area contributed by atoms with Gasteiger partial charge in [-0.1, -0.05) is 31.5 Å². The van der Waals surface area contributed by atoms with E-state index in [1.165, 1.54) is 6.07 Å². The van der Waals surface area contributed by atoms with Crippen LogP contribution in [0.15, 0.2) is 18.2 Å². The van der Waals surface area contributed by atoms with Crippen molar-refractivity contribution in [2.45, 2.75) is 26.7 Å². The van der Waals surface area contributed by atoms with Crippen molar-refractivity contribution in [1.82, 2.24) is 10.6 Å². The average molecular weight is 287 g/mol. The van der Waals surface area contributed by atoms with Gasteiger partial charge in [0.2, 0.25) is 0 Å². The molecular formula is C15H24ClFN2. The Morgan fingerprint density at radius 2 is 1.89 bits per heavy atom. The van der Waals surface area contributed by atoms with Crippen LogP contribution in [0.5, 0.6) is 0 Å². The summed E-state index contributed by atoms with van der Waals surface area (Å²) in [5.41, 5.74) is 0.606. The number of hydrogen-bond acceptors (Lipinski definition) is 2. The van der Waals surface area contributed by atoms with Crippen LogP contribution >= 0.6 is 11.6 Å².